The van der Waals surface area contributed by atoms with Gasteiger partial charge in [-0.3, -0.25) is 0 Å². The number of aromatic nitrogens is 2. The molecule has 1 aliphatic heterocycles. The molecule has 0 saturated heterocycles. The van der Waals surface area contributed by atoms with E-state index < -0.39 is 0 Å². The molecule has 1 unspecified atom stereocenters. The molecule has 0 amide bonds. The number of nitrogens with two attached hydrogens (primary N) is 1. The summed E-state index contributed by atoms with van der Waals surface area (Å²) in [6.45, 7) is 1.92. The minimum absolute atomic E-state index is 0.151. The Morgan fingerprint density at radius 3 is 3.31 bits per heavy atom. The third kappa shape index (κ3) is 1.57. The number of rotatable bonds is 2. The van der Waals surface area contributed by atoms with E-state index >= 15 is 0 Å². The van der Waals surface area contributed by atoms with Crippen molar-refractivity contribution in [3.8, 4) is 0 Å². The smallest absolute Gasteiger partial charge is 0.102 e. The summed E-state index contributed by atoms with van der Waals surface area (Å²) in [6.07, 6.45) is 2.01. The van der Waals surface area contributed by atoms with Crippen LogP contribution in [0.15, 0.2) is 23.2 Å². The van der Waals surface area contributed by atoms with Gasteiger partial charge in [0, 0.05) is 6.54 Å². The highest BCUT2D eigenvalue weighted by molar-refractivity contribution is 7.07. The van der Waals surface area contributed by atoms with Gasteiger partial charge in [0.05, 0.1) is 30.9 Å². The summed E-state index contributed by atoms with van der Waals surface area (Å²) in [7, 11) is 0. The molecular formula is C11H13N3OS. The van der Waals surface area contributed by atoms with Gasteiger partial charge in [-0.1, -0.05) is 0 Å². The Morgan fingerprint density at radius 1 is 1.62 bits per heavy atom. The van der Waals surface area contributed by atoms with Crippen LogP contribution in [-0.4, -0.2) is 9.55 Å². The van der Waals surface area contributed by atoms with E-state index in [9.17, 15) is 0 Å². The number of fused-ring (bicyclic) bond motifs is 1. The fourth-order valence-electron chi connectivity index (χ4n) is 2.01. The van der Waals surface area contributed by atoms with Crippen LogP contribution in [0.4, 0.5) is 0 Å². The van der Waals surface area contributed by atoms with Crippen LogP contribution in [0, 0.1) is 0 Å². The van der Waals surface area contributed by atoms with Crippen LogP contribution in [0.2, 0.25) is 0 Å². The summed E-state index contributed by atoms with van der Waals surface area (Å²) in [4.78, 5) is 4.29. The zero-order valence-corrected chi connectivity index (χ0v) is 9.61. The van der Waals surface area contributed by atoms with Crippen molar-refractivity contribution in [1.29, 1.82) is 0 Å². The Bertz CT molecular complexity index is 477. The average molecular weight is 235 g/mol. The zero-order chi connectivity index (χ0) is 11.0. The molecule has 0 aliphatic carbocycles. The lowest BCUT2D eigenvalue weighted by Crippen LogP contribution is -2.21. The monoisotopic (exact) mass is 235 g/mol. The predicted molar refractivity (Wildman–Crippen MR) is 62.0 cm³/mol. The van der Waals surface area contributed by atoms with Crippen LogP contribution in [-0.2, 0) is 24.4 Å². The second kappa shape index (κ2) is 4.01. The molecule has 2 aromatic rings. The molecule has 1 aliphatic rings. The normalized spacial score (nSPS) is 19.7. The minimum atomic E-state index is 0.151. The summed E-state index contributed by atoms with van der Waals surface area (Å²) in [5.74, 6) is 0. The van der Waals surface area contributed by atoms with E-state index in [4.69, 9.17) is 10.5 Å². The second-order valence-electron chi connectivity index (χ2n) is 3.85. The minimum Gasteiger partial charge on any atom is -0.365 e. The maximum atomic E-state index is 5.84. The first kappa shape index (κ1) is 10.0. The van der Waals surface area contributed by atoms with Gasteiger partial charge in [-0.25, -0.2) is 4.98 Å². The molecule has 4 nitrogen and oxygen atoms in total. The molecule has 2 N–H and O–H groups in total. The third-order valence-corrected chi connectivity index (χ3v) is 3.63. The second-order valence-corrected chi connectivity index (χ2v) is 4.63. The first-order valence-electron chi connectivity index (χ1n) is 5.25. The van der Waals surface area contributed by atoms with Crippen LogP contribution in [0.25, 0.3) is 0 Å². The lowest BCUT2D eigenvalue weighted by atomic mass is 10.1. The van der Waals surface area contributed by atoms with E-state index in [1.165, 1.54) is 5.56 Å². The molecule has 3 rings (SSSR count). The Hall–Kier alpha value is -1.17. The molecule has 16 heavy (non-hydrogen) atoms. The van der Waals surface area contributed by atoms with E-state index in [1.54, 1.807) is 11.3 Å². The molecule has 0 saturated carbocycles. The quantitative estimate of drug-likeness (QED) is 0.861. The van der Waals surface area contributed by atoms with Crippen LogP contribution < -0.4 is 5.73 Å². The summed E-state index contributed by atoms with van der Waals surface area (Å²) in [5.41, 5.74) is 8.93. The molecule has 0 radical (unpaired) electrons. The number of thiophene rings is 1. The van der Waals surface area contributed by atoms with Gasteiger partial charge in [-0.2, -0.15) is 11.3 Å². The summed E-state index contributed by atoms with van der Waals surface area (Å²) in [5, 5.41) is 4.21. The average Bonchev–Trinajstić information content (AvgIpc) is 2.97. The molecule has 3 heterocycles. The van der Waals surface area contributed by atoms with Gasteiger partial charge in [-0.15, -0.1) is 0 Å². The van der Waals surface area contributed by atoms with Crippen molar-refractivity contribution in [3.05, 3.63) is 40.1 Å². The number of hydrogen-bond acceptors (Lipinski definition) is 4. The molecule has 0 spiro atoms. The topological polar surface area (TPSA) is 53.1 Å². The molecular weight excluding hydrogens is 222 g/mol. The van der Waals surface area contributed by atoms with Gasteiger partial charge < -0.3 is 15.0 Å². The highest BCUT2D eigenvalue weighted by Gasteiger charge is 2.22. The molecule has 0 aromatic carbocycles. The van der Waals surface area contributed by atoms with E-state index in [0.29, 0.717) is 13.2 Å². The first-order chi connectivity index (χ1) is 7.88. The molecule has 1 atom stereocenters. The van der Waals surface area contributed by atoms with E-state index in [0.717, 1.165) is 17.9 Å². The van der Waals surface area contributed by atoms with Gasteiger partial charge in [0.15, 0.2) is 0 Å². The molecule has 2 aromatic heterocycles. The third-order valence-electron chi connectivity index (χ3n) is 2.92. The van der Waals surface area contributed by atoms with E-state index in [1.807, 2.05) is 6.33 Å². The molecule has 5 heteroatoms. The van der Waals surface area contributed by atoms with Gasteiger partial charge in [0.2, 0.25) is 0 Å². The Kier molecular flexibility index (Phi) is 2.51. The molecule has 0 bridgehead atoms. The predicted octanol–water partition coefficient (Wildman–Crippen LogP) is 1.67. The zero-order valence-electron chi connectivity index (χ0n) is 8.80. The number of nitrogens with zero attached hydrogens (tertiary/aromatic N) is 2. The first-order valence-corrected chi connectivity index (χ1v) is 6.19. The largest absolute Gasteiger partial charge is 0.365 e. The van der Waals surface area contributed by atoms with Gasteiger partial charge in [0.25, 0.3) is 0 Å². The van der Waals surface area contributed by atoms with Crippen LogP contribution in [0.1, 0.15) is 23.1 Å². The maximum Gasteiger partial charge on any atom is 0.102 e. The molecule has 0 fully saturated rings. The van der Waals surface area contributed by atoms with Gasteiger partial charge in [0.1, 0.15) is 6.10 Å². The Labute approximate surface area is 97.7 Å². The molecule has 84 valence electrons. The van der Waals surface area contributed by atoms with E-state index in [-0.39, 0.29) is 6.10 Å². The summed E-state index contributed by atoms with van der Waals surface area (Å²) < 4.78 is 7.99. The van der Waals surface area contributed by atoms with E-state index in [2.05, 4.69) is 26.4 Å². The standard InChI is InChI=1S/C11H13N3OS/c12-3-9-10-5-15-11(4-14(10)7-13-9)8-1-2-16-6-8/h1-2,6-7,11H,3-5,12H2. The van der Waals surface area contributed by atoms with Crippen molar-refractivity contribution < 1.29 is 4.74 Å². The van der Waals surface area contributed by atoms with Crippen molar-refractivity contribution in [2.24, 2.45) is 5.73 Å². The number of ether oxygens (including phenoxy) is 1. The van der Waals surface area contributed by atoms with Crippen molar-refractivity contribution in [3.63, 3.8) is 0 Å². The van der Waals surface area contributed by atoms with Gasteiger partial charge in [-0.05, 0) is 22.4 Å². The fraction of sp³-hybridized carbons (Fsp3) is 0.364. The lowest BCUT2D eigenvalue weighted by molar-refractivity contribution is 0.00282. The van der Waals surface area contributed by atoms with Gasteiger partial charge >= 0.3 is 0 Å². The van der Waals surface area contributed by atoms with Crippen molar-refractivity contribution >= 4 is 11.3 Å². The number of hydrogen-bond donors (Lipinski definition) is 1. The van der Waals surface area contributed by atoms with Crippen LogP contribution >= 0.6 is 11.3 Å². The highest BCUT2D eigenvalue weighted by atomic mass is 32.1. The van der Waals surface area contributed by atoms with Crippen LogP contribution in [0.5, 0.6) is 0 Å². The summed E-state index contributed by atoms with van der Waals surface area (Å²) >= 11 is 1.70. The highest BCUT2D eigenvalue weighted by Crippen LogP contribution is 2.28. The maximum absolute atomic E-state index is 5.84. The summed E-state index contributed by atoms with van der Waals surface area (Å²) in [6, 6.07) is 2.11. The SMILES string of the molecule is NCc1ncn2c1COC(c1ccsc1)C2. The van der Waals surface area contributed by atoms with Crippen LogP contribution in [0.3, 0.4) is 0 Å². The van der Waals surface area contributed by atoms with Crippen molar-refractivity contribution in [2.45, 2.75) is 25.8 Å². The Morgan fingerprint density at radius 2 is 2.56 bits per heavy atom. The fourth-order valence-corrected chi connectivity index (χ4v) is 2.72. The van der Waals surface area contributed by atoms with Crippen molar-refractivity contribution in [1.82, 2.24) is 9.55 Å². The lowest BCUT2D eigenvalue weighted by Gasteiger charge is -2.24. The Balaban J connectivity index is 1.87. The van der Waals surface area contributed by atoms with Crippen molar-refractivity contribution in [2.75, 3.05) is 0 Å². The number of imidazole rings is 1.